The molecular weight excluding hydrogens is 319 g/mol. The van der Waals surface area contributed by atoms with Crippen LogP contribution in [0.4, 0.5) is 19.0 Å². The van der Waals surface area contributed by atoms with Crippen molar-refractivity contribution in [3.63, 3.8) is 0 Å². The first-order valence-corrected chi connectivity index (χ1v) is 6.85. The van der Waals surface area contributed by atoms with Gasteiger partial charge in [-0.3, -0.25) is 9.36 Å². The van der Waals surface area contributed by atoms with Gasteiger partial charge in [0.25, 0.3) is 5.56 Å². The Morgan fingerprint density at radius 3 is 2.12 bits per heavy atom. The second-order valence-corrected chi connectivity index (χ2v) is 5.10. The molecule has 0 radical (unpaired) electrons. The van der Waals surface area contributed by atoms with Gasteiger partial charge in [0, 0.05) is 10.8 Å². The number of nitrogens with zero attached hydrogens (tertiary/aromatic N) is 2. The number of anilines is 1. The van der Waals surface area contributed by atoms with Crippen LogP contribution in [0.3, 0.4) is 0 Å². The van der Waals surface area contributed by atoms with Gasteiger partial charge in [0.15, 0.2) is 0 Å². The maximum atomic E-state index is 12.7. The molecule has 0 atom stereocenters. The number of benzene rings is 2. The van der Waals surface area contributed by atoms with Crippen molar-refractivity contribution in [3.05, 3.63) is 70.0 Å². The fourth-order valence-electron chi connectivity index (χ4n) is 2.54. The van der Waals surface area contributed by atoms with Crippen LogP contribution in [0.25, 0.3) is 16.5 Å². The van der Waals surface area contributed by atoms with E-state index in [0.717, 1.165) is 28.8 Å². The molecule has 3 aromatic rings. The highest BCUT2D eigenvalue weighted by Crippen LogP contribution is 2.30. The molecule has 0 spiro atoms. The van der Waals surface area contributed by atoms with Crippen molar-refractivity contribution in [2.75, 3.05) is 5.73 Å². The average molecular weight is 329 g/mol. The fraction of sp³-hybridized carbons (Fsp3) is 0.0588. The van der Waals surface area contributed by atoms with E-state index in [1.54, 1.807) is 24.3 Å². The van der Waals surface area contributed by atoms with Crippen LogP contribution < -0.4 is 11.3 Å². The van der Waals surface area contributed by atoms with Crippen LogP contribution in [0.5, 0.6) is 0 Å². The summed E-state index contributed by atoms with van der Waals surface area (Å²) in [5, 5.41) is 10.0. The number of nitrogen functional groups attached to an aromatic ring is 1. The van der Waals surface area contributed by atoms with Crippen LogP contribution in [0.2, 0.25) is 0 Å². The van der Waals surface area contributed by atoms with Crippen molar-refractivity contribution in [1.29, 1.82) is 5.26 Å². The van der Waals surface area contributed by atoms with E-state index in [0.29, 0.717) is 5.39 Å². The fourth-order valence-corrected chi connectivity index (χ4v) is 2.54. The lowest BCUT2D eigenvalue weighted by atomic mass is 10.1. The molecule has 7 heteroatoms. The van der Waals surface area contributed by atoms with Crippen molar-refractivity contribution in [3.8, 4) is 11.8 Å². The van der Waals surface area contributed by atoms with Crippen molar-refractivity contribution in [2.24, 2.45) is 0 Å². The number of rotatable bonds is 1. The van der Waals surface area contributed by atoms with Gasteiger partial charge in [0.2, 0.25) is 0 Å². The predicted octanol–water partition coefficient (Wildman–Crippen LogP) is 3.46. The molecule has 0 saturated carbocycles. The van der Waals surface area contributed by atoms with Crippen LogP contribution in [0, 0.1) is 11.3 Å². The highest BCUT2D eigenvalue weighted by molar-refractivity contribution is 5.91. The summed E-state index contributed by atoms with van der Waals surface area (Å²) in [5.74, 6) is -0.110. The molecule has 0 aliphatic carbocycles. The van der Waals surface area contributed by atoms with Crippen LogP contribution in [0.15, 0.2) is 53.3 Å². The number of nitrogens with two attached hydrogens (primary N) is 1. The number of fused-ring (bicyclic) bond motifs is 1. The Morgan fingerprint density at radius 1 is 1.00 bits per heavy atom. The van der Waals surface area contributed by atoms with Gasteiger partial charge >= 0.3 is 6.18 Å². The summed E-state index contributed by atoms with van der Waals surface area (Å²) in [6.07, 6.45) is -4.48. The van der Waals surface area contributed by atoms with Crippen LogP contribution >= 0.6 is 0 Å². The van der Waals surface area contributed by atoms with Gasteiger partial charge in [-0.25, -0.2) is 0 Å². The van der Waals surface area contributed by atoms with E-state index < -0.39 is 17.3 Å². The normalized spacial score (nSPS) is 11.4. The van der Waals surface area contributed by atoms with Gasteiger partial charge in [-0.2, -0.15) is 18.4 Å². The lowest BCUT2D eigenvalue weighted by molar-refractivity contribution is -0.137. The Labute approximate surface area is 134 Å². The number of alkyl halides is 3. The van der Waals surface area contributed by atoms with E-state index in [-0.39, 0.29) is 22.5 Å². The second kappa shape index (κ2) is 5.42. The number of hydrogen-bond acceptors (Lipinski definition) is 3. The molecule has 2 aromatic carbocycles. The topological polar surface area (TPSA) is 71.8 Å². The van der Waals surface area contributed by atoms with E-state index in [2.05, 4.69) is 0 Å². The minimum absolute atomic E-state index is 0.102. The molecule has 4 nitrogen and oxygen atoms in total. The number of nitriles is 1. The number of pyridine rings is 1. The Hall–Kier alpha value is -3.27. The van der Waals surface area contributed by atoms with E-state index >= 15 is 0 Å². The smallest absolute Gasteiger partial charge is 0.384 e. The van der Waals surface area contributed by atoms with Gasteiger partial charge in [0.1, 0.15) is 17.5 Å². The molecule has 0 saturated heterocycles. The summed E-state index contributed by atoms with van der Waals surface area (Å²) < 4.78 is 39.1. The summed E-state index contributed by atoms with van der Waals surface area (Å²) in [5.41, 5.74) is 4.86. The third-order valence-electron chi connectivity index (χ3n) is 3.69. The first kappa shape index (κ1) is 15.6. The minimum Gasteiger partial charge on any atom is -0.384 e. The van der Waals surface area contributed by atoms with Gasteiger partial charge in [-0.15, -0.1) is 0 Å². The number of hydrogen-bond donors (Lipinski definition) is 1. The molecule has 1 heterocycles. The zero-order valence-electron chi connectivity index (χ0n) is 12.1. The van der Waals surface area contributed by atoms with Crippen LogP contribution in [-0.4, -0.2) is 4.57 Å². The lowest BCUT2D eigenvalue weighted by Crippen LogP contribution is -2.23. The second-order valence-electron chi connectivity index (χ2n) is 5.10. The molecule has 0 aliphatic rings. The van der Waals surface area contributed by atoms with Crippen molar-refractivity contribution in [1.82, 2.24) is 4.57 Å². The zero-order valence-corrected chi connectivity index (χ0v) is 12.1. The Morgan fingerprint density at radius 2 is 1.58 bits per heavy atom. The minimum atomic E-state index is -4.48. The first-order valence-electron chi connectivity index (χ1n) is 6.85. The van der Waals surface area contributed by atoms with Crippen molar-refractivity contribution < 1.29 is 13.2 Å². The summed E-state index contributed by atoms with van der Waals surface area (Å²) in [4.78, 5) is 12.7. The monoisotopic (exact) mass is 329 g/mol. The summed E-state index contributed by atoms with van der Waals surface area (Å²) >= 11 is 0. The zero-order chi connectivity index (χ0) is 17.5. The van der Waals surface area contributed by atoms with Gasteiger partial charge in [0.05, 0.1) is 11.3 Å². The SMILES string of the molecule is N#Cc1c(N)n(-c2ccc(C(F)(F)F)cc2)c(=O)c2ccccc12. The molecule has 0 unspecified atom stereocenters. The molecule has 3 rings (SSSR count). The highest BCUT2D eigenvalue weighted by atomic mass is 19.4. The van der Waals surface area contributed by atoms with E-state index in [1.165, 1.54) is 0 Å². The maximum absolute atomic E-state index is 12.7. The predicted molar refractivity (Wildman–Crippen MR) is 83.7 cm³/mol. The first-order chi connectivity index (χ1) is 11.3. The maximum Gasteiger partial charge on any atom is 0.416 e. The number of halogens is 3. The Bertz CT molecular complexity index is 1030. The molecule has 120 valence electrons. The molecule has 0 amide bonds. The van der Waals surface area contributed by atoms with Crippen molar-refractivity contribution >= 4 is 16.6 Å². The molecule has 0 fully saturated rings. The van der Waals surface area contributed by atoms with E-state index in [9.17, 15) is 23.2 Å². The lowest BCUT2D eigenvalue weighted by Gasteiger charge is -2.14. The standard InChI is InChI=1S/C17H10F3N3O/c18-17(19,20)10-5-7-11(8-6-10)23-15(22)14(9-21)12-3-1-2-4-13(12)16(23)24/h1-8H,22H2. The average Bonchev–Trinajstić information content (AvgIpc) is 2.55. The third-order valence-corrected chi connectivity index (χ3v) is 3.69. The molecule has 24 heavy (non-hydrogen) atoms. The highest BCUT2D eigenvalue weighted by Gasteiger charge is 2.30. The van der Waals surface area contributed by atoms with Gasteiger partial charge < -0.3 is 5.73 Å². The Kier molecular flexibility index (Phi) is 3.53. The van der Waals surface area contributed by atoms with Crippen LogP contribution in [0.1, 0.15) is 11.1 Å². The molecular formula is C17H10F3N3O. The third kappa shape index (κ3) is 2.38. The van der Waals surface area contributed by atoms with E-state index in [1.807, 2.05) is 6.07 Å². The summed E-state index contributed by atoms with van der Waals surface area (Å²) in [6.45, 7) is 0. The quantitative estimate of drug-likeness (QED) is 0.743. The molecule has 0 aliphatic heterocycles. The summed E-state index contributed by atoms with van der Waals surface area (Å²) in [7, 11) is 0. The molecule has 2 N–H and O–H groups in total. The largest absolute Gasteiger partial charge is 0.416 e. The molecule has 1 aromatic heterocycles. The van der Waals surface area contributed by atoms with Crippen molar-refractivity contribution in [2.45, 2.75) is 6.18 Å². The van der Waals surface area contributed by atoms with Gasteiger partial charge in [-0.1, -0.05) is 18.2 Å². The number of aromatic nitrogens is 1. The van der Waals surface area contributed by atoms with Gasteiger partial charge in [-0.05, 0) is 30.3 Å². The summed E-state index contributed by atoms with van der Waals surface area (Å²) in [6, 6.07) is 12.4. The van der Waals surface area contributed by atoms with Crippen LogP contribution in [-0.2, 0) is 6.18 Å². The molecule has 0 bridgehead atoms. The van der Waals surface area contributed by atoms with E-state index in [4.69, 9.17) is 5.73 Å². The Balaban J connectivity index is 2.31.